The van der Waals surface area contributed by atoms with Crippen LogP contribution in [-0.4, -0.2) is 4.98 Å². The molecule has 2 N–H and O–H groups in total. The van der Waals surface area contributed by atoms with Crippen LogP contribution in [0.2, 0.25) is 0 Å². The Bertz CT molecular complexity index is 682. The average molecular weight is 322 g/mol. The summed E-state index contributed by atoms with van der Waals surface area (Å²) in [5.74, 6) is -0.294. The van der Waals surface area contributed by atoms with E-state index in [0.29, 0.717) is 10.2 Å². The Morgan fingerprint density at radius 1 is 1.47 bits per heavy atom. The monoisotopic (exact) mass is 321 g/mol. The van der Waals surface area contributed by atoms with Gasteiger partial charge in [-0.2, -0.15) is 5.26 Å². The molecule has 0 atom stereocenters. The fourth-order valence-electron chi connectivity index (χ4n) is 1.44. The molecule has 0 radical (unpaired) electrons. The maximum atomic E-state index is 13.4. The molecule has 1 aromatic carbocycles. The van der Waals surface area contributed by atoms with E-state index in [1.54, 1.807) is 13.0 Å². The van der Waals surface area contributed by atoms with E-state index in [1.165, 1.54) is 24.4 Å². The summed E-state index contributed by atoms with van der Waals surface area (Å²) in [6.07, 6.45) is 1.45. The molecule has 4 nitrogen and oxygen atoms in total. The van der Waals surface area contributed by atoms with Crippen molar-refractivity contribution in [2.45, 2.75) is 6.92 Å². The number of hydrogen-bond donors (Lipinski definition) is 1. The van der Waals surface area contributed by atoms with Crippen molar-refractivity contribution >= 4 is 21.6 Å². The third-order valence-corrected chi connectivity index (χ3v) is 3.50. The fraction of sp³-hybridized carbons (Fsp3) is 0.0769. The van der Waals surface area contributed by atoms with E-state index < -0.39 is 5.82 Å². The number of nitrogens with zero attached hydrogens (tertiary/aromatic N) is 2. The Morgan fingerprint density at radius 2 is 2.21 bits per heavy atom. The van der Waals surface area contributed by atoms with Gasteiger partial charge in [0.1, 0.15) is 23.2 Å². The lowest BCUT2D eigenvalue weighted by atomic mass is 10.2. The summed E-state index contributed by atoms with van der Waals surface area (Å²) in [5.41, 5.74) is 6.82. The third-order valence-electron chi connectivity index (χ3n) is 2.56. The number of nitrogen functional groups attached to an aromatic ring is 1. The summed E-state index contributed by atoms with van der Waals surface area (Å²) < 4.78 is 19.5. The lowest BCUT2D eigenvalue weighted by Crippen LogP contribution is -1.98. The Kier molecular flexibility index (Phi) is 3.67. The maximum Gasteiger partial charge on any atom is 0.234 e. The molecule has 2 rings (SSSR count). The zero-order valence-corrected chi connectivity index (χ0v) is 11.5. The lowest BCUT2D eigenvalue weighted by molar-refractivity contribution is 0.452. The van der Waals surface area contributed by atoms with Crippen LogP contribution in [0, 0.1) is 24.1 Å². The van der Waals surface area contributed by atoms with Gasteiger partial charge in [0.05, 0.1) is 16.4 Å². The van der Waals surface area contributed by atoms with Crippen molar-refractivity contribution in [3.8, 4) is 17.7 Å². The normalized spacial score (nSPS) is 10.0. The molecular formula is C13H9BrFN3O. The number of anilines is 1. The predicted molar refractivity (Wildman–Crippen MR) is 72.3 cm³/mol. The number of ether oxygens (including phenoxy) is 1. The first-order chi connectivity index (χ1) is 9.04. The molecule has 0 saturated carbocycles. The molecule has 0 amide bonds. The van der Waals surface area contributed by atoms with Crippen LogP contribution in [0.15, 0.2) is 28.9 Å². The van der Waals surface area contributed by atoms with Crippen LogP contribution in [0.1, 0.15) is 11.1 Å². The summed E-state index contributed by atoms with van der Waals surface area (Å²) in [6.45, 7) is 1.80. The van der Waals surface area contributed by atoms with Gasteiger partial charge < -0.3 is 10.5 Å². The van der Waals surface area contributed by atoms with Gasteiger partial charge in [-0.15, -0.1) is 0 Å². The average Bonchev–Trinajstić information content (AvgIpc) is 2.40. The highest BCUT2D eigenvalue weighted by Crippen LogP contribution is 2.34. The SMILES string of the molecule is Cc1c(N)cnc(Oc2cccc(F)c2C#N)c1Br. The first-order valence-electron chi connectivity index (χ1n) is 5.31. The fourth-order valence-corrected chi connectivity index (χ4v) is 1.85. The molecule has 0 unspecified atom stereocenters. The van der Waals surface area contributed by atoms with Gasteiger partial charge in [-0.05, 0) is 40.5 Å². The molecule has 0 aliphatic rings. The number of halogens is 2. The summed E-state index contributed by atoms with van der Waals surface area (Å²) >= 11 is 3.31. The number of aromatic nitrogens is 1. The van der Waals surface area contributed by atoms with Gasteiger partial charge >= 0.3 is 0 Å². The summed E-state index contributed by atoms with van der Waals surface area (Å²) in [5, 5.41) is 8.92. The molecule has 0 aliphatic carbocycles. The highest BCUT2D eigenvalue weighted by Gasteiger charge is 2.14. The van der Waals surface area contributed by atoms with Gasteiger partial charge in [0.2, 0.25) is 5.88 Å². The predicted octanol–water partition coefficient (Wildman–Crippen LogP) is 3.54. The molecular weight excluding hydrogens is 313 g/mol. The standard InChI is InChI=1S/C13H9BrFN3O/c1-7-10(17)6-18-13(12(7)14)19-11-4-2-3-9(15)8(11)5-16/h2-4,6H,17H2,1H3. The molecule has 1 heterocycles. The van der Waals surface area contributed by atoms with E-state index in [0.717, 1.165) is 5.56 Å². The molecule has 19 heavy (non-hydrogen) atoms. The summed E-state index contributed by atoms with van der Waals surface area (Å²) in [7, 11) is 0. The van der Waals surface area contributed by atoms with Crippen molar-refractivity contribution < 1.29 is 9.13 Å². The molecule has 6 heteroatoms. The molecule has 0 aliphatic heterocycles. The van der Waals surface area contributed by atoms with Crippen LogP contribution >= 0.6 is 15.9 Å². The molecule has 0 fully saturated rings. The number of rotatable bonds is 2. The van der Waals surface area contributed by atoms with Crippen molar-refractivity contribution in [3.05, 3.63) is 45.8 Å². The van der Waals surface area contributed by atoms with Crippen LogP contribution in [0.5, 0.6) is 11.6 Å². The Labute approximate surface area is 117 Å². The number of pyridine rings is 1. The van der Waals surface area contributed by atoms with E-state index in [2.05, 4.69) is 20.9 Å². The van der Waals surface area contributed by atoms with Crippen LogP contribution in [0.4, 0.5) is 10.1 Å². The van der Waals surface area contributed by atoms with Gasteiger partial charge in [-0.25, -0.2) is 9.37 Å². The second-order valence-corrected chi connectivity index (χ2v) is 4.58. The van der Waals surface area contributed by atoms with Crippen molar-refractivity contribution in [1.29, 1.82) is 5.26 Å². The zero-order chi connectivity index (χ0) is 14.0. The van der Waals surface area contributed by atoms with Crippen molar-refractivity contribution in [2.24, 2.45) is 0 Å². The topological polar surface area (TPSA) is 71.9 Å². The molecule has 0 spiro atoms. The minimum absolute atomic E-state index is 0.111. The smallest absolute Gasteiger partial charge is 0.234 e. The van der Waals surface area contributed by atoms with Gasteiger partial charge in [0.25, 0.3) is 0 Å². The van der Waals surface area contributed by atoms with Crippen molar-refractivity contribution in [3.63, 3.8) is 0 Å². The largest absolute Gasteiger partial charge is 0.436 e. The number of nitrogens with two attached hydrogens (primary N) is 1. The van der Waals surface area contributed by atoms with Gasteiger partial charge in [-0.3, -0.25) is 0 Å². The molecule has 1 aromatic heterocycles. The minimum atomic E-state index is -0.636. The Morgan fingerprint density at radius 3 is 2.89 bits per heavy atom. The zero-order valence-electron chi connectivity index (χ0n) is 9.95. The molecule has 0 saturated heterocycles. The second-order valence-electron chi connectivity index (χ2n) is 3.78. The molecule has 2 aromatic rings. The van der Waals surface area contributed by atoms with Crippen LogP contribution in [0.3, 0.4) is 0 Å². The number of benzene rings is 1. The van der Waals surface area contributed by atoms with E-state index in [1.807, 2.05) is 0 Å². The first-order valence-corrected chi connectivity index (χ1v) is 6.11. The van der Waals surface area contributed by atoms with Crippen LogP contribution in [0.25, 0.3) is 0 Å². The maximum absolute atomic E-state index is 13.4. The number of nitriles is 1. The Hall–Kier alpha value is -2.13. The van der Waals surface area contributed by atoms with Crippen LogP contribution < -0.4 is 10.5 Å². The van der Waals surface area contributed by atoms with Crippen molar-refractivity contribution in [2.75, 3.05) is 5.73 Å². The van der Waals surface area contributed by atoms with E-state index >= 15 is 0 Å². The summed E-state index contributed by atoms with van der Waals surface area (Å²) in [4.78, 5) is 4.01. The first kappa shape index (κ1) is 13.3. The van der Waals surface area contributed by atoms with Gasteiger partial charge in [0, 0.05) is 0 Å². The van der Waals surface area contributed by atoms with Crippen LogP contribution in [-0.2, 0) is 0 Å². The Balaban J connectivity index is 2.46. The minimum Gasteiger partial charge on any atom is -0.436 e. The number of hydrogen-bond acceptors (Lipinski definition) is 4. The van der Waals surface area contributed by atoms with Gasteiger partial charge in [-0.1, -0.05) is 6.07 Å². The lowest BCUT2D eigenvalue weighted by Gasteiger charge is -2.10. The highest BCUT2D eigenvalue weighted by molar-refractivity contribution is 9.10. The quantitative estimate of drug-likeness (QED) is 0.918. The van der Waals surface area contributed by atoms with E-state index in [4.69, 9.17) is 15.7 Å². The third kappa shape index (κ3) is 2.51. The summed E-state index contributed by atoms with van der Waals surface area (Å²) in [6, 6.07) is 5.92. The van der Waals surface area contributed by atoms with E-state index in [-0.39, 0.29) is 17.2 Å². The van der Waals surface area contributed by atoms with E-state index in [9.17, 15) is 4.39 Å². The van der Waals surface area contributed by atoms with Crippen molar-refractivity contribution in [1.82, 2.24) is 4.98 Å². The highest BCUT2D eigenvalue weighted by atomic mass is 79.9. The molecule has 0 bridgehead atoms. The molecule has 96 valence electrons. The van der Waals surface area contributed by atoms with Gasteiger partial charge in [0.15, 0.2) is 0 Å². The second kappa shape index (κ2) is 5.24.